The molecule has 0 saturated carbocycles. The molecule has 0 atom stereocenters. The summed E-state index contributed by atoms with van der Waals surface area (Å²) in [5.74, 6) is 1.94. The number of aromatic nitrogens is 1. The standard InChI is InChI=1S/C20H28N2O/c1-4-5-6-7-8-15-23-19-11-9-18(10-12-19)16-21-20-17(2)13-14-22(20)3/h9-14,16H,4-8,15H2,1-3H3. The van der Waals surface area contributed by atoms with Gasteiger partial charge < -0.3 is 9.30 Å². The van der Waals surface area contributed by atoms with Gasteiger partial charge in [0, 0.05) is 19.5 Å². The van der Waals surface area contributed by atoms with E-state index in [0.29, 0.717) is 0 Å². The lowest BCUT2D eigenvalue weighted by Crippen LogP contribution is -1.97. The van der Waals surface area contributed by atoms with Crippen molar-refractivity contribution in [2.75, 3.05) is 6.61 Å². The van der Waals surface area contributed by atoms with Crippen LogP contribution in [0.3, 0.4) is 0 Å². The van der Waals surface area contributed by atoms with Crippen molar-refractivity contribution in [1.29, 1.82) is 0 Å². The van der Waals surface area contributed by atoms with Gasteiger partial charge in [0.05, 0.1) is 6.61 Å². The Kier molecular flexibility index (Phi) is 6.92. The van der Waals surface area contributed by atoms with Crippen molar-refractivity contribution < 1.29 is 4.74 Å². The Morgan fingerprint density at radius 1 is 1.04 bits per heavy atom. The first kappa shape index (κ1) is 17.3. The number of aryl methyl sites for hydroxylation is 2. The highest BCUT2D eigenvalue weighted by Gasteiger charge is 2.00. The Morgan fingerprint density at radius 2 is 1.78 bits per heavy atom. The molecular weight excluding hydrogens is 284 g/mol. The summed E-state index contributed by atoms with van der Waals surface area (Å²) in [5.41, 5.74) is 2.27. The van der Waals surface area contributed by atoms with Gasteiger partial charge in [0.2, 0.25) is 0 Å². The van der Waals surface area contributed by atoms with E-state index in [1.165, 1.54) is 31.2 Å². The summed E-state index contributed by atoms with van der Waals surface area (Å²) in [7, 11) is 2.01. The molecule has 0 unspecified atom stereocenters. The molecule has 3 nitrogen and oxygen atoms in total. The van der Waals surface area contributed by atoms with Gasteiger partial charge in [-0.3, -0.25) is 0 Å². The minimum Gasteiger partial charge on any atom is -0.494 e. The number of aliphatic imine (C=N–C) groups is 1. The molecule has 3 heteroatoms. The van der Waals surface area contributed by atoms with Gasteiger partial charge in [-0.15, -0.1) is 0 Å². The maximum absolute atomic E-state index is 5.78. The van der Waals surface area contributed by atoms with Crippen LogP contribution in [-0.4, -0.2) is 17.4 Å². The predicted molar refractivity (Wildman–Crippen MR) is 98.1 cm³/mol. The monoisotopic (exact) mass is 312 g/mol. The number of unbranched alkanes of at least 4 members (excludes halogenated alkanes) is 4. The molecule has 0 saturated heterocycles. The normalized spacial score (nSPS) is 11.3. The lowest BCUT2D eigenvalue weighted by Gasteiger charge is -2.06. The molecule has 1 heterocycles. The minimum absolute atomic E-state index is 0.805. The molecule has 0 radical (unpaired) electrons. The average Bonchev–Trinajstić information content (AvgIpc) is 2.88. The highest BCUT2D eigenvalue weighted by Crippen LogP contribution is 2.18. The second kappa shape index (κ2) is 9.19. The molecule has 0 spiro atoms. The quantitative estimate of drug-likeness (QED) is 0.448. The van der Waals surface area contributed by atoms with Gasteiger partial charge in [-0.2, -0.15) is 0 Å². The van der Waals surface area contributed by atoms with Crippen LogP contribution in [0.1, 0.15) is 50.2 Å². The van der Waals surface area contributed by atoms with Crippen LogP contribution in [-0.2, 0) is 7.05 Å². The Hall–Kier alpha value is -2.03. The summed E-state index contributed by atoms with van der Waals surface area (Å²) in [6, 6.07) is 10.2. The van der Waals surface area contributed by atoms with Crippen molar-refractivity contribution in [2.24, 2.45) is 12.0 Å². The summed E-state index contributed by atoms with van der Waals surface area (Å²) in [6.07, 6.45) is 10.2. The van der Waals surface area contributed by atoms with E-state index in [-0.39, 0.29) is 0 Å². The number of nitrogens with zero attached hydrogens (tertiary/aromatic N) is 2. The molecule has 23 heavy (non-hydrogen) atoms. The third-order valence-corrected chi connectivity index (χ3v) is 3.97. The van der Waals surface area contributed by atoms with Gasteiger partial charge in [0.25, 0.3) is 0 Å². The summed E-state index contributed by atoms with van der Waals surface area (Å²) < 4.78 is 7.81. The van der Waals surface area contributed by atoms with E-state index in [4.69, 9.17) is 4.74 Å². The largest absolute Gasteiger partial charge is 0.494 e. The molecule has 0 N–H and O–H groups in total. The molecule has 2 aromatic rings. The Balaban J connectivity index is 1.80. The minimum atomic E-state index is 0.805. The van der Waals surface area contributed by atoms with Crippen LogP contribution in [0.4, 0.5) is 5.82 Å². The lowest BCUT2D eigenvalue weighted by molar-refractivity contribution is 0.304. The highest BCUT2D eigenvalue weighted by molar-refractivity contribution is 5.82. The molecule has 0 amide bonds. The van der Waals surface area contributed by atoms with Crippen molar-refractivity contribution in [3.8, 4) is 5.75 Å². The molecule has 0 fully saturated rings. The fourth-order valence-corrected chi connectivity index (χ4v) is 2.52. The first-order valence-corrected chi connectivity index (χ1v) is 8.59. The van der Waals surface area contributed by atoms with Crippen molar-refractivity contribution in [2.45, 2.75) is 46.0 Å². The number of hydrogen-bond acceptors (Lipinski definition) is 2. The van der Waals surface area contributed by atoms with Gasteiger partial charge in [-0.05, 0) is 54.8 Å². The molecule has 1 aromatic carbocycles. The molecular formula is C20H28N2O. The summed E-state index contributed by atoms with van der Waals surface area (Å²) in [6.45, 7) is 5.12. The van der Waals surface area contributed by atoms with Crippen LogP contribution in [0.5, 0.6) is 5.75 Å². The third kappa shape index (κ3) is 5.59. The zero-order chi connectivity index (χ0) is 16.5. The van der Waals surface area contributed by atoms with E-state index in [2.05, 4.69) is 24.9 Å². The molecule has 0 aliphatic heterocycles. The molecule has 124 valence electrons. The van der Waals surface area contributed by atoms with E-state index in [9.17, 15) is 0 Å². The molecule has 0 aliphatic carbocycles. The van der Waals surface area contributed by atoms with Crippen LogP contribution in [0.25, 0.3) is 0 Å². The molecule has 1 aromatic heterocycles. The summed E-state index contributed by atoms with van der Waals surface area (Å²) in [5, 5.41) is 0. The van der Waals surface area contributed by atoms with E-state index in [1.54, 1.807) is 0 Å². The Labute approximate surface area is 140 Å². The molecule has 2 rings (SSSR count). The van der Waals surface area contributed by atoms with E-state index < -0.39 is 0 Å². The fraction of sp³-hybridized carbons (Fsp3) is 0.450. The zero-order valence-electron chi connectivity index (χ0n) is 14.6. The number of ether oxygens (including phenoxy) is 1. The van der Waals surface area contributed by atoms with E-state index >= 15 is 0 Å². The van der Waals surface area contributed by atoms with Crippen LogP contribution in [0.2, 0.25) is 0 Å². The van der Waals surface area contributed by atoms with Gasteiger partial charge in [0.15, 0.2) is 0 Å². The first-order chi connectivity index (χ1) is 11.2. The number of benzene rings is 1. The van der Waals surface area contributed by atoms with E-state index in [1.807, 2.05) is 48.3 Å². The lowest BCUT2D eigenvalue weighted by atomic mass is 10.2. The van der Waals surface area contributed by atoms with Crippen LogP contribution in [0.15, 0.2) is 41.5 Å². The maximum atomic E-state index is 5.78. The van der Waals surface area contributed by atoms with Gasteiger partial charge >= 0.3 is 0 Å². The topological polar surface area (TPSA) is 26.5 Å². The summed E-state index contributed by atoms with van der Waals surface area (Å²) >= 11 is 0. The fourth-order valence-electron chi connectivity index (χ4n) is 2.52. The SMILES string of the molecule is CCCCCCCOc1ccc(C=Nc2c(C)ccn2C)cc1. The van der Waals surface area contributed by atoms with E-state index in [0.717, 1.165) is 30.2 Å². The Morgan fingerprint density at radius 3 is 2.43 bits per heavy atom. The highest BCUT2D eigenvalue weighted by atomic mass is 16.5. The predicted octanol–water partition coefficient (Wildman–Crippen LogP) is 5.43. The number of hydrogen-bond donors (Lipinski definition) is 0. The molecule has 0 bridgehead atoms. The smallest absolute Gasteiger partial charge is 0.135 e. The van der Waals surface area contributed by atoms with Crippen LogP contribution < -0.4 is 4.74 Å². The average molecular weight is 312 g/mol. The summed E-state index contributed by atoms with van der Waals surface area (Å²) in [4.78, 5) is 4.57. The molecule has 0 aliphatic rings. The van der Waals surface area contributed by atoms with Gasteiger partial charge in [0.1, 0.15) is 11.6 Å². The van der Waals surface area contributed by atoms with Crippen molar-refractivity contribution in [3.63, 3.8) is 0 Å². The Bertz CT molecular complexity index is 592. The van der Waals surface area contributed by atoms with Crippen LogP contribution >= 0.6 is 0 Å². The second-order valence-electron chi connectivity index (χ2n) is 6.02. The van der Waals surface area contributed by atoms with Crippen molar-refractivity contribution >= 4 is 12.0 Å². The number of rotatable bonds is 9. The maximum Gasteiger partial charge on any atom is 0.135 e. The third-order valence-electron chi connectivity index (χ3n) is 3.97. The van der Waals surface area contributed by atoms with Gasteiger partial charge in [-0.1, -0.05) is 32.6 Å². The van der Waals surface area contributed by atoms with Crippen LogP contribution in [0, 0.1) is 6.92 Å². The van der Waals surface area contributed by atoms with Crippen molar-refractivity contribution in [3.05, 3.63) is 47.7 Å². The second-order valence-corrected chi connectivity index (χ2v) is 6.02. The first-order valence-electron chi connectivity index (χ1n) is 8.59. The van der Waals surface area contributed by atoms with Crippen molar-refractivity contribution in [1.82, 2.24) is 4.57 Å². The zero-order valence-corrected chi connectivity index (χ0v) is 14.6. The van der Waals surface area contributed by atoms with Gasteiger partial charge in [-0.25, -0.2) is 4.99 Å².